The molecule has 11 amide bonds. The smallest absolute Gasteiger partial charge is 0.305 e. The fourth-order valence-corrected chi connectivity index (χ4v) is 10.0. The van der Waals surface area contributed by atoms with Crippen molar-refractivity contribution in [1.29, 1.82) is 10.8 Å². The van der Waals surface area contributed by atoms with Crippen LogP contribution < -0.4 is 81.0 Å². The Labute approximate surface area is 551 Å². The van der Waals surface area contributed by atoms with Crippen molar-refractivity contribution in [2.75, 3.05) is 45.1 Å². The van der Waals surface area contributed by atoms with E-state index in [2.05, 4.69) is 82.7 Å². The van der Waals surface area contributed by atoms with Crippen LogP contribution in [0, 0.1) is 22.7 Å². The third kappa shape index (κ3) is 29.1. The summed E-state index contributed by atoms with van der Waals surface area (Å²) >= 11 is 4.04. The van der Waals surface area contributed by atoms with Crippen molar-refractivity contribution in [1.82, 2.24) is 68.7 Å². The van der Waals surface area contributed by atoms with E-state index in [1.54, 1.807) is 20.8 Å². The molecule has 1 aliphatic rings. The van der Waals surface area contributed by atoms with Crippen LogP contribution in [-0.4, -0.2) is 221 Å². The van der Waals surface area contributed by atoms with Crippen molar-refractivity contribution in [3.05, 3.63) is 35.9 Å². The minimum atomic E-state index is -1.89. The summed E-state index contributed by atoms with van der Waals surface area (Å²) in [5, 5.41) is 73.1. The molecule has 1 fully saturated rings. The maximum Gasteiger partial charge on any atom is 0.305 e. The quantitative estimate of drug-likeness (QED) is 0.0125. The van der Waals surface area contributed by atoms with Gasteiger partial charge in [-0.3, -0.25) is 73.1 Å². The number of aliphatic carboxylic acids is 1. The van der Waals surface area contributed by atoms with Crippen LogP contribution >= 0.6 is 12.6 Å². The maximum atomic E-state index is 15.0. The van der Waals surface area contributed by atoms with E-state index in [0.29, 0.717) is 19.3 Å². The number of nitrogens with one attached hydrogen (secondary N) is 14. The Morgan fingerprint density at radius 2 is 1.09 bits per heavy atom. The summed E-state index contributed by atoms with van der Waals surface area (Å²) in [6.07, 6.45) is 5.45. The zero-order valence-electron chi connectivity index (χ0n) is 53.8. The first-order chi connectivity index (χ1) is 44.5. The van der Waals surface area contributed by atoms with Gasteiger partial charge < -0.3 is 101 Å². The summed E-state index contributed by atoms with van der Waals surface area (Å²) in [5.74, 6) is -14.1. The summed E-state index contributed by atoms with van der Waals surface area (Å²) in [6.45, 7) is 4.96. The molecule has 1 radical (unpaired) electrons. The second-order valence-corrected chi connectivity index (χ2v) is 23.3. The average Bonchev–Trinajstić information content (AvgIpc) is 0.949. The molecule has 1 aromatic carbocycles. The van der Waals surface area contributed by atoms with Crippen molar-refractivity contribution in [3.8, 4) is 0 Å². The number of hydrogen-bond acceptors (Lipinski definition) is 19. The predicted octanol–water partition coefficient (Wildman–Crippen LogP) is -5.67. The molecule has 1 aliphatic carbocycles. The lowest BCUT2D eigenvalue weighted by Gasteiger charge is -2.41. The van der Waals surface area contributed by atoms with Gasteiger partial charge in [-0.25, -0.2) is 0 Å². The number of nitrogens with zero attached hydrogens (tertiary/aromatic N) is 1. The second kappa shape index (κ2) is 43.2. The molecule has 525 valence electrons. The van der Waals surface area contributed by atoms with Crippen LogP contribution in [0.1, 0.15) is 117 Å². The van der Waals surface area contributed by atoms with Crippen molar-refractivity contribution < 1.29 is 77.6 Å². The summed E-state index contributed by atoms with van der Waals surface area (Å²) in [6, 6.07) is -5.53. The zero-order chi connectivity index (χ0) is 70.6. The van der Waals surface area contributed by atoms with Gasteiger partial charge in [-0.05, 0) is 62.8 Å². The Morgan fingerprint density at radius 1 is 0.596 bits per heavy atom. The number of aliphatic hydroxyl groups is 2. The number of benzene rings is 1. The van der Waals surface area contributed by atoms with E-state index in [1.165, 1.54) is 11.8 Å². The van der Waals surface area contributed by atoms with E-state index in [-0.39, 0.29) is 69.4 Å². The van der Waals surface area contributed by atoms with Gasteiger partial charge in [0.1, 0.15) is 60.4 Å². The van der Waals surface area contributed by atoms with E-state index < -0.39 is 182 Å². The van der Waals surface area contributed by atoms with E-state index in [0.717, 1.165) is 24.8 Å². The van der Waals surface area contributed by atoms with E-state index in [9.17, 15) is 72.5 Å². The summed E-state index contributed by atoms with van der Waals surface area (Å²) < 4.78 is 0. The van der Waals surface area contributed by atoms with Gasteiger partial charge in [0.05, 0.1) is 32.7 Å². The minimum Gasteiger partial charge on any atom is -0.481 e. The lowest BCUT2D eigenvalue weighted by molar-refractivity contribution is -0.143. The molecule has 2 rings (SSSR count). The number of carboxylic acid groups (broad SMARTS) is 1. The van der Waals surface area contributed by atoms with Gasteiger partial charge in [0.2, 0.25) is 71.3 Å². The molecular weight excluding hydrogens is 1250 g/mol. The van der Waals surface area contributed by atoms with Crippen LogP contribution in [0.4, 0.5) is 0 Å². The third-order valence-electron chi connectivity index (χ3n) is 15.6. The molecule has 0 saturated heterocycles. The Morgan fingerprint density at radius 3 is 1.61 bits per heavy atom. The topological polar surface area (TPSA) is 556 Å². The van der Waals surface area contributed by atoms with E-state index in [4.69, 9.17) is 33.1 Å². The normalized spacial score (nSPS) is 15.9. The summed E-state index contributed by atoms with van der Waals surface area (Å²) in [7, 11) is 0. The molecule has 12 atom stereocenters. The summed E-state index contributed by atoms with van der Waals surface area (Å²) in [5.41, 5.74) is 17.1. The number of guanidine groups is 2. The highest BCUT2D eigenvalue weighted by molar-refractivity contribution is 7.80. The first kappa shape index (κ1) is 81.4. The molecule has 23 N–H and O–H groups in total. The van der Waals surface area contributed by atoms with Crippen LogP contribution in [0.5, 0.6) is 0 Å². The fraction of sp³-hybridized carbons (Fsp3) is 0.644. The first-order valence-corrected chi connectivity index (χ1v) is 31.8. The Kier molecular flexibility index (Phi) is 37.4. The number of carbonyl (C=O) groups excluding carboxylic acids is 12. The highest BCUT2D eigenvalue weighted by atomic mass is 32.1. The Bertz CT molecular complexity index is 2730. The SMILES string of the molecule is CC[C@H](C)[C@H](NC(=O)[C@H](CCCNC(=N)N)NC(=O)CNC(=O)CNC(=O)[C@H](C)NC(=O)[C@H](CS)NC(=O)[C@H](CO)NC(=O)[C@@H](N)CO)C(=O)N[C@@H](CC(=O)O)C(=O)N[C@@H](CCCNC(=N)N)C(=O)N[C@H](C(=O)N(C1CCCCC1)[C@H]([C]=O)Cc1ccccc1)[C@@H](C)CC. The number of rotatable bonds is 43. The minimum absolute atomic E-state index is 0.0366. The monoisotopic (exact) mass is 1350 g/mol. The van der Waals surface area contributed by atoms with Gasteiger partial charge in [-0.1, -0.05) is 90.1 Å². The van der Waals surface area contributed by atoms with Gasteiger partial charge in [-0.15, -0.1) is 0 Å². The number of amides is 11. The highest BCUT2D eigenvalue weighted by Crippen LogP contribution is 2.27. The lowest BCUT2D eigenvalue weighted by Crippen LogP contribution is -2.62. The number of thiol groups is 1. The van der Waals surface area contributed by atoms with Crippen LogP contribution in [0.15, 0.2) is 30.3 Å². The lowest BCUT2D eigenvalue weighted by atomic mass is 9.89. The number of aliphatic hydroxyl groups excluding tert-OH is 2. The number of nitrogens with two attached hydrogens (primary N) is 3. The average molecular weight is 1350 g/mol. The molecule has 1 saturated carbocycles. The molecule has 0 heterocycles. The highest BCUT2D eigenvalue weighted by Gasteiger charge is 2.41. The molecule has 0 unspecified atom stereocenters. The van der Waals surface area contributed by atoms with Crippen LogP contribution in [-0.2, 0) is 68.7 Å². The Hall–Kier alpha value is -8.70. The van der Waals surface area contributed by atoms with Crippen molar-refractivity contribution in [2.45, 2.75) is 185 Å². The van der Waals surface area contributed by atoms with Crippen molar-refractivity contribution in [2.24, 2.45) is 29.0 Å². The molecule has 0 spiro atoms. The Balaban J connectivity index is 2.33. The third-order valence-corrected chi connectivity index (χ3v) is 16.0. The molecule has 35 heteroatoms. The largest absolute Gasteiger partial charge is 0.481 e. The molecule has 0 aromatic heterocycles. The van der Waals surface area contributed by atoms with Gasteiger partial charge in [0.15, 0.2) is 11.9 Å². The van der Waals surface area contributed by atoms with Gasteiger partial charge in [-0.2, -0.15) is 12.6 Å². The number of hydrogen-bond donors (Lipinski definition) is 21. The van der Waals surface area contributed by atoms with E-state index in [1.807, 2.05) is 37.3 Å². The molecular formula is C59H97N18O16S. The van der Waals surface area contributed by atoms with Crippen LogP contribution in [0.25, 0.3) is 0 Å². The molecule has 94 heavy (non-hydrogen) atoms. The molecule has 1 aromatic rings. The predicted molar refractivity (Wildman–Crippen MR) is 346 cm³/mol. The second-order valence-electron chi connectivity index (χ2n) is 22.9. The summed E-state index contributed by atoms with van der Waals surface area (Å²) in [4.78, 5) is 176. The van der Waals surface area contributed by atoms with Crippen LogP contribution in [0.3, 0.4) is 0 Å². The van der Waals surface area contributed by atoms with Crippen LogP contribution in [0.2, 0.25) is 0 Å². The number of carbonyl (C=O) groups is 12. The van der Waals surface area contributed by atoms with Crippen molar-refractivity contribution >= 4 is 102 Å². The molecule has 0 bridgehead atoms. The molecule has 0 aliphatic heterocycles. The first-order valence-electron chi connectivity index (χ1n) is 31.2. The van der Waals surface area contributed by atoms with Crippen molar-refractivity contribution in [3.63, 3.8) is 0 Å². The van der Waals surface area contributed by atoms with Gasteiger partial charge in [0, 0.05) is 31.3 Å². The molecule has 34 nitrogen and oxygen atoms in total. The van der Waals surface area contributed by atoms with Gasteiger partial charge in [0.25, 0.3) is 0 Å². The van der Waals surface area contributed by atoms with E-state index >= 15 is 0 Å². The standard InChI is InChI=1S/C59H97N18O16S/c1-6-32(3)47(75-51(87)39(20-14-22-65-58(61)62)70-45(82)27-67-44(81)26-68-49(85)34(5)69-55(91)43(31-94)74-54(90)42(30-80)73-50(86)38(60)29-79)56(92)72-41(25-46(83)84)53(89)71-40(21-15-23-66-59(63)64)52(88)76-48(33(4)7-2)57(93)77(36-18-12-9-13-19-36)37(28-78)24-35-16-10-8-11-17-35/h8,10-11,16-17,32-34,36-43,47-48,79-80,94H,6-7,9,12-15,18-27,29-31,60H2,1-5H3,(H,67,81)(H,68,85)(H,69,91)(H,70,82)(H,71,89)(H,72,92)(H,73,86)(H,74,90)(H,75,87)(H,76,88)(H,83,84)(H4,61,62,65)(H4,63,64,66)/t32-,33-,34-,37-,38-,39-,40-,41-,42-,43-,47-,48-/m0/s1. The van der Waals surface area contributed by atoms with Gasteiger partial charge >= 0.3 is 5.97 Å². The number of carboxylic acids is 1. The fourth-order valence-electron chi connectivity index (χ4n) is 9.76. The maximum absolute atomic E-state index is 15.0. The zero-order valence-corrected chi connectivity index (χ0v) is 54.7.